The van der Waals surface area contributed by atoms with E-state index in [2.05, 4.69) is 5.32 Å². The van der Waals surface area contributed by atoms with Crippen LogP contribution in [-0.2, 0) is 9.53 Å². The largest absolute Gasteiger partial charge is 0.480 e. The Labute approximate surface area is 88.4 Å². The average molecular weight is 219 g/mol. The Morgan fingerprint density at radius 1 is 1.71 bits per heavy atom. The number of carbonyl (C=O) groups is 1. The first-order valence-corrected chi connectivity index (χ1v) is 5.94. The van der Waals surface area contributed by atoms with E-state index in [0.717, 1.165) is 19.0 Å². The molecule has 82 valence electrons. The minimum absolute atomic E-state index is 0.395. The molecule has 0 aromatic carbocycles. The molecule has 0 amide bonds. The number of ether oxygens (including phenoxy) is 1. The summed E-state index contributed by atoms with van der Waals surface area (Å²) in [6.07, 6.45) is 0.685. The van der Waals surface area contributed by atoms with Crippen LogP contribution in [0, 0.1) is 0 Å². The van der Waals surface area contributed by atoms with Gasteiger partial charge in [-0.15, -0.1) is 0 Å². The number of aliphatic carboxylic acids is 1. The van der Waals surface area contributed by atoms with E-state index >= 15 is 0 Å². The van der Waals surface area contributed by atoms with E-state index < -0.39 is 12.0 Å². The number of carboxylic acids is 1. The summed E-state index contributed by atoms with van der Waals surface area (Å²) in [7, 11) is 0. The van der Waals surface area contributed by atoms with Crippen LogP contribution in [0.15, 0.2) is 0 Å². The molecule has 1 fully saturated rings. The molecular formula is C9H17NO3S. The quantitative estimate of drug-likeness (QED) is 0.655. The third-order valence-corrected chi connectivity index (χ3v) is 3.33. The third-order valence-electron chi connectivity index (χ3n) is 2.12. The fourth-order valence-electron chi connectivity index (χ4n) is 1.22. The van der Waals surface area contributed by atoms with Gasteiger partial charge < -0.3 is 15.2 Å². The van der Waals surface area contributed by atoms with E-state index in [-0.39, 0.29) is 0 Å². The SMILES string of the molecule is CCNC(CCSC1COC1)C(=O)O. The third kappa shape index (κ3) is 3.86. The van der Waals surface area contributed by atoms with Crippen LogP contribution in [0.1, 0.15) is 13.3 Å². The summed E-state index contributed by atoms with van der Waals surface area (Å²) in [4.78, 5) is 10.8. The van der Waals surface area contributed by atoms with Gasteiger partial charge in [-0.05, 0) is 18.7 Å². The summed E-state index contributed by atoms with van der Waals surface area (Å²) in [5, 5.41) is 12.4. The van der Waals surface area contributed by atoms with Crippen molar-refractivity contribution in [2.24, 2.45) is 0 Å². The predicted molar refractivity (Wildman–Crippen MR) is 56.8 cm³/mol. The second kappa shape index (κ2) is 6.27. The zero-order valence-corrected chi connectivity index (χ0v) is 9.18. The van der Waals surface area contributed by atoms with Crippen molar-refractivity contribution in [3.63, 3.8) is 0 Å². The summed E-state index contributed by atoms with van der Waals surface area (Å²) in [6.45, 7) is 4.27. The number of hydrogen-bond acceptors (Lipinski definition) is 4. The van der Waals surface area contributed by atoms with Gasteiger partial charge in [0.1, 0.15) is 6.04 Å². The first kappa shape index (κ1) is 11.8. The lowest BCUT2D eigenvalue weighted by Crippen LogP contribution is -2.37. The van der Waals surface area contributed by atoms with E-state index in [1.54, 1.807) is 11.8 Å². The van der Waals surface area contributed by atoms with Gasteiger partial charge in [-0.25, -0.2) is 0 Å². The molecule has 1 rings (SSSR count). The summed E-state index contributed by atoms with van der Waals surface area (Å²) >= 11 is 1.81. The Morgan fingerprint density at radius 2 is 2.43 bits per heavy atom. The Bertz CT molecular complexity index is 185. The average Bonchev–Trinajstić information content (AvgIpc) is 2.06. The van der Waals surface area contributed by atoms with Crippen molar-refractivity contribution < 1.29 is 14.6 Å². The van der Waals surface area contributed by atoms with Crippen molar-refractivity contribution >= 4 is 17.7 Å². The molecule has 0 aliphatic carbocycles. The minimum Gasteiger partial charge on any atom is -0.480 e. The highest BCUT2D eigenvalue weighted by Crippen LogP contribution is 2.20. The van der Waals surface area contributed by atoms with Crippen LogP contribution in [0.25, 0.3) is 0 Å². The van der Waals surface area contributed by atoms with E-state index in [1.807, 2.05) is 6.92 Å². The van der Waals surface area contributed by atoms with Crippen LogP contribution in [0.4, 0.5) is 0 Å². The highest BCUT2D eigenvalue weighted by molar-refractivity contribution is 8.00. The van der Waals surface area contributed by atoms with Gasteiger partial charge in [-0.1, -0.05) is 6.92 Å². The smallest absolute Gasteiger partial charge is 0.320 e. The Morgan fingerprint density at radius 3 is 2.86 bits per heavy atom. The molecule has 1 saturated heterocycles. The summed E-state index contributed by atoms with van der Waals surface area (Å²) in [5.74, 6) is 0.134. The number of hydrogen-bond donors (Lipinski definition) is 2. The molecule has 0 bridgehead atoms. The number of likely N-dealkylation sites (N-methyl/N-ethyl adjacent to an activating group) is 1. The number of nitrogens with one attached hydrogen (secondary N) is 1. The van der Waals surface area contributed by atoms with Crippen molar-refractivity contribution in [3.05, 3.63) is 0 Å². The van der Waals surface area contributed by atoms with Gasteiger partial charge >= 0.3 is 5.97 Å². The standard InChI is InChI=1S/C9H17NO3S/c1-2-10-8(9(11)12)3-4-14-7-5-13-6-7/h7-8,10H,2-6H2,1H3,(H,11,12). The molecule has 1 heterocycles. The fourth-order valence-corrected chi connectivity index (χ4v) is 2.31. The van der Waals surface area contributed by atoms with Crippen LogP contribution in [0.5, 0.6) is 0 Å². The lowest BCUT2D eigenvalue weighted by Gasteiger charge is -2.25. The molecule has 4 nitrogen and oxygen atoms in total. The van der Waals surface area contributed by atoms with Gasteiger partial charge in [0.05, 0.1) is 18.5 Å². The molecule has 0 saturated carbocycles. The summed E-state index contributed by atoms with van der Waals surface area (Å²) in [6, 6.07) is -0.395. The number of rotatable bonds is 7. The van der Waals surface area contributed by atoms with Crippen LogP contribution < -0.4 is 5.32 Å². The van der Waals surface area contributed by atoms with Crippen molar-refractivity contribution in [2.45, 2.75) is 24.6 Å². The number of thioether (sulfide) groups is 1. The zero-order chi connectivity index (χ0) is 10.4. The molecule has 0 spiro atoms. The number of carboxylic acid groups (broad SMARTS) is 1. The molecule has 1 aliphatic heterocycles. The maximum Gasteiger partial charge on any atom is 0.320 e. The predicted octanol–water partition coefficient (Wildman–Crippen LogP) is 0.571. The Hall–Kier alpha value is -0.260. The van der Waals surface area contributed by atoms with Gasteiger partial charge in [0.15, 0.2) is 0 Å². The first-order chi connectivity index (χ1) is 6.74. The van der Waals surface area contributed by atoms with Crippen molar-refractivity contribution in [1.29, 1.82) is 0 Å². The molecule has 0 aromatic rings. The first-order valence-electron chi connectivity index (χ1n) is 4.89. The molecular weight excluding hydrogens is 202 g/mol. The van der Waals surface area contributed by atoms with Gasteiger partial charge in [-0.3, -0.25) is 4.79 Å². The van der Waals surface area contributed by atoms with E-state index in [9.17, 15) is 4.79 Å². The van der Waals surface area contributed by atoms with E-state index in [4.69, 9.17) is 9.84 Å². The molecule has 2 N–H and O–H groups in total. The van der Waals surface area contributed by atoms with Crippen LogP contribution in [0.3, 0.4) is 0 Å². The van der Waals surface area contributed by atoms with Crippen molar-refractivity contribution in [3.8, 4) is 0 Å². The molecule has 1 atom stereocenters. The van der Waals surface area contributed by atoms with Crippen molar-refractivity contribution in [2.75, 3.05) is 25.5 Å². The second-order valence-corrected chi connectivity index (χ2v) is 4.68. The van der Waals surface area contributed by atoms with Crippen LogP contribution in [0.2, 0.25) is 0 Å². The van der Waals surface area contributed by atoms with Gasteiger partial charge in [0.25, 0.3) is 0 Å². The van der Waals surface area contributed by atoms with Gasteiger partial charge in [-0.2, -0.15) is 11.8 Å². The van der Waals surface area contributed by atoms with Crippen LogP contribution in [-0.4, -0.2) is 47.9 Å². The maximum atomic E-state index is 10.8. The monoisotopic (exact) mass is 219 g/mol. The molecule has 1 unspecified atom stereocenters. The summed E-state index contributed by atoms with van der Waals surface area (Å²) in [5.41, 5.74) is 0. The molecule has 0 aromatic heterocycles. The Kier molecular flexibility index (Phi) is 5.29. The lowest BCUT2D eigenvalue weighted by atomic mass is 10.2. The minimum atomic E-state index is -0.752. The van der Waals surface area contributed by atoms with Gasteiger partial charge in [0.2, 0.25) is 0 Å². The highest BCUT2D eigenvalue weighted by atomic mass is 32.2. The maximum absolute atomic E-state index is 10.8. The van der Waals surface area contributed by atoms with E-state index in [1.165, 1.54) is 0 Å². The highest BCUT2D eigenvalue weighted by Gasteiger charge is 2.20. The fraction of sp³-hybridized carbons (Fsp3) is 0.889. The van der Waals surface area contributed by atoms with Crippen LogP contribution >= 0.6 is 11.8 Å². The van der Waals surface area contributed by atoms with E-state index in [0.29, 0.717) is 18.2 Å². The summed E-state index contributed by atoms with van der Waals surface area (Å²) < 4.78 is 5.03. The zero-order valence-electron chi connectivity index (χ0n) is 8.36. The molecule has 1 aliphatic rings. The lowest BCUT2D eigenvalue weighted by molar-refractivity contribution is -0.139. The Balaban J connectivity index is 2.08. The van der Waals surface area contributed by atoms with Crippen molar-refractivity contribution in [1.82, 2.24) is 5.32 Å². The topological polar surface area (TPSA) is 58.6 Å². The molecule has 14 heavy (non-hydrogen) atoms. The molecule has 0 radical (unpaired) electrons. The van der Waals surface area contributed by atoms with Gasteiger partial charge in [0, 0.05) is 0 Å². The second-order valence-electron chi connectivity index (χ2n) is 3.27. The normalized spacial score (nSPS) is 18.9. The molecule has 5 heteroatoms.